The lowest BCUT2D eigenvalue weighted by Crippen LogP contribution is -2.10. The molecule has 19 heavy (non-hydrogen) atoms. The maximum absolute atomic E-state index is 13.4. The van der Waals surface area contributed by atoms with Crippen molar-refractivity contribution >= 4 is 5.69 Å². The van der Waals surface area contributed by atoms with Gasteiger partial charge in [0.15, 0.2) is 0 Å². The molecule has 0 aliphatic rings. The highest BCUT2D eigenvalue weighted by Gasteiger charge is 2.14. The highest BCUT2D eigenvalue weighted by atomic mass is 19.1. The molecule has 0 saturated heterocycles. The fourth-order valence-corrected chi connectivity index (χ4v) is 1.97. The average Bonchev–Trinajstić information content (AvgIpc) is 2.33. The van der Waals surface area contributed by atoms with Crippen LogP contribution in [-0.4, -0.2) is 0 Å². The lowest BCUT2D eigenvalue weighted by Gasteiger charge is -2.19. The zero-order valence-corrected chi connectivity index (χ0v) is 11.3. The van der Waals surface area contributed by atoms with E-state index >= 15 is 0 Å². The van der Waals surface area contributed by atoms with E-state index in [1.54, 1.807) is 0 Å². The summed E-state index contributed by atoms with van der Waals surface area (Å²) in [6.07, 6.45) is 0. The zero-order valence-electron chi connectivity index (χ0n) is 11.3. The van der Waals surface area contributed by atoms with Crippen molar-refractivity contribution in [1.82, 2.24) is 0 Å². The molecule has 0 aliphatic heterocycles. The summed E-state index contributed by atoms with van der Waals surface area (Å²) >= 11 is 0. The summed E-state index contributed by atoms with van der Waals surface area (Å²) in [5.74, 6) is -1.35. The van der Waals surface area contributed by atoms with Crippen molar-refractivity contribution in [2.24, 2.45) is 0 Å². The van der Waals surface area contributed by atoms with E-state index in [2.05, 4.69) is 20.8 Å². The number of nitrogens with two attached hydrogens (primary N) is 1. The van der Waals surface area contributed by atoms with E-state index in [0.29, 0.717) is 11.1 Å². The lowest BCUT2D eigenvalue weighted by atomic mass is 9.86. The molecule has 100 valence electrons. The topological polar surface area (TPSA) is 26.0 Å². The van der Waals surface area contributed by atoms with Crippen LogP contribution in [0.4, 0.5) is 14.5 Å². The van der Waals surface area contributed by atoms with Gasteiger partial charge < -0.3 is 5.73 Å². The maximum Gasteiger partial charge on any atom is 0.149 e. The summed E-state index contributed by atoms with van der Waals surface area (Å²) in [4.78, 5) is 0. The normalized spacial score (nSPS) is 11.6. The Hall–Kier alpha value is -1.90. The predicted octanol–water partition coefficient (Wildman–Crippen LogP) is 4.51. The van der Waals surface area contributed by atoms with Crippen molar-refractivity contribution in [2.45, 2.75) is 26.2 Å². The zero-order chi connectivity index (χ0) is 14.2. The van der Waals surface area contributed by atoms with Crippen LogP contribution < -0.4 is 5.73 Å². The third kappa shape index (κ3) is 2.75. The Kier molecular flexibility index (Phi) is 3.31. The molecule has 2 aromatic carbocycles. The van der Waals surface area contributed by atoms with Crippen LogP contribution in [0.15, 0.2) is 36.4 Å². The van der Waals surface area contributed by atoms with Gasteiger partial charge in [-0.1, -0.05) is 45.0 Å². The SMILES string of the molecule is CC(C)(C)c1ccc(-c2cc(F)cc(F)c2N)cc1. The van der Waals surface area contributed by atoms with Crippen LogP contribution in [0.3, 0.4) is 0 Å². The molecule has 2 N–H and O–H groups in total. The standard InChI is InChI=1S/C16H17F2N/c1-16(2,3)11-6-4-10(5-7-11)13-8-12(17)9-14(18)15(13)19/h4-9H,19H2,1-3H3. The van der Waals surface area contributed by atoms with Crippen molar-refractivity contribution in [2.75, 3.05) is 5.73 Å². The summed E-state index contributed by atoms with van der Waals surface area (Å²) < 4.78 is 26.7. The first-order chi connectivity index (χ1) is 8.79. The Morgan fingerprint density at radius 3 is 2.05 bits per heavy atom. The molecule has 0 amide bonds. The summed E-state index contributed by atoms with van der Waals surface area (Å²) in [7, 11) is 0. The van der Waals surface area contributed by atoms with Gasteiger partial charge >= 0.3 is 0 Å². The summed E-state index contributed by atoms with van der Waals surface area (Å²) in [5.41, 5.74) is 7.94. The second kappa shape index (κ2) is 4.65. The van der Waals surface area contributed by atoms with Gasteiger partial charge in [-0.25, -0.2) is 8.78 Å². The van der Waals surface area contributed by atoms with Gasteiger partial charge in [0.25, 0.3) is 0 Å². The fourth-order valence-electron chi connectivity index (χ4n) is 1.97. The molecule has 0 spiro atoms. The molecular formula is C16H17F2N. The molecule has 0 bridgehead atoms. The summed E-state index contributed by atoms with van der Waals surface area (Å²) in [6, 6.07) is 9.64. The number of benzene rings is 2. The second-order valence-electron chi connectivity index (χ2n) is 5.68. The Morgan fingerprint density at radius 1 is 0.947 bits per heavy atom. The molecule has 0 aliphatic carbocycles. The molecule has 0 saturated carbocycles. The number of hydrogen-bond acceptors (Lipinski definition) is 1. The summed E-state index contributed by atoms with van der Waals surface area (Å²) in [5, 5.41) is 0. The van der Waals surface area contributed by atoms with E-state index in [1.165, 1.54) is 6.07 Å². The van der Waals surface area contributed by atoms with E-state index in [0.717, 1.165) is 11.6 Å². The van der Waals surface area contributed by atoms with Gasteiger partial charge in [-0.15, -0.1) is 0 Å². The molecule has 2 aromatic rings. The smallest absolute Gasteiger partial charge is 0.149 e. The van der Waals surface area contributed by atoms with Crippen molar-refractivity contribution in [3.05, 3.63) is 53.6 Å². The molecular weight excluding hydrogens is 244 g/mol. The quantitative estimate of drug-likeness (QED) is 0.751. The van der Waals surface area contributed by atoms with Crippen LogP contribution in [-0.2, 0) is 5.41 Å². The minimum absolute atomic E-state index is 0.0232. The van der Waals surface area contributed by atoms with E-state index in [1.807, 2.05) is 24.3 Å². The molecule has 0 atom stereocenters. The van der Waals surface area contributed by atoms with E-state index in [9.17, 15) is 8.78 Å². The van der Waals surface area contributed by atoms with Gasteiger partial charge in [0.05, 0.1) is 5.69 Å². The minimum atomic E-state index is -0.727. The first kappa shape index (κ1) is 13.5. The first-order valence-electron chi connectivity index (χ1n) is 6.14. The molecule has 3 heteroatoms. The number of anilines is 1. The third-order valence-electron chi connectivity index (χ3n) is 3.16. The lowest BCUT2D eigenvalue weighted by molar-refractivity contribution is 0.586. The number of rotatable bonds is 1. The van der Waals surface area contributed by atoms with Crippen LogP contribution in [0.1, 0.15) is 26.3 Å². The Morgan fingerprint density at radius 2 is 1.53 bits per heavy atom. The van der Waals surface area contributed by atoms with E-state index in [4.69, 9.17) is 5.73 Å². The average molecular weight is 261 g/mol. The third-order valence-corrected chi connectivity index (χ3v) is 3.16. The summed E-state index contributed by atoms with van der Waals surface area (Å²) in [6.45, 7) is 6.33. The Labute approximate surface area is 112 Å². The van der Waals surface area contributed by atoms with Crippen LogP contribution >= 0.6 is 0 Å². The van der Waals surface area contributed by atoms with E-state index in [-0.39, 0.29) is 11.1 Å². The highest BCUT2D eigenvalue weighted by Crippen LogP contribution is 2.31. The molecule has 0 radical (unpaired) electrons. The maximum atomic E-state index is 13.4. The Balaban J connectivity index is 2.49. The van der Waals surface area contributed by atoms with Crippen LogP contribution in [0.2, 0.25) is 0 Å². The molecule has 0 heterocycles. The molecule has 0 aromatic heterocycles. The van der Waals surface area contributed by atoms with E-state index < -0.39 is 11.6 Å². The van der Waals surface area contributed by atoms with Crippen LogP contribution in [0.5, 0.6) is 0 Å². The fraction of sp³-hybridized carbons (Fsp3) is 0.250. The van der Waals surface area contributed by atoms with Gasteiger partial charge in [0.1, 0.15) is 11.6 Å². The molecule has 2 rings (SSSR count). The largest absolute Gasteiger partial charge is 0.396 e. The van der Waals surface area contributed by atoms with Crippen molar-refractivity contribution < 1.29 is 8.78 Å². The van der Waals surface area contributed by atoms with Crippen LogP contribution in [0, 0.1) is 11.6 Å². The van der Waals surface area contributed by atoms with Gasteiger partial charge in [-0.3, -0.25) is 0 Å². The van der Waals surface area contributed by atoms with Gasteiger partial charge in [0, 0.05) is 11.6 Å². The molecule has 1 nitrogen and oxygen atoms in total. The molecule has 0 unspecified atom stereocenters. The number of hydrogen-bond donors (Lipinski definition) is 1. The first-order valence-corrected chi connectivity index (χ1v) is 6.14. The minimum Gasteiger partial charge on any atom is -0.396 e. The second-order valence-corrected chi connectivity index (χ2v) is 5.68. The van der Waals surface area contributed by atoms with Gasteiger partial charge in [0.2, 0.25) is 0 Å². The van der Waals surface area contributed by atoms with Crippen molar-refractivity contribution in [3.8, 4) is 11.1 Å². The predicted molar refractivity (Wildman–Crippen MR) is 74.9 cm³/mol. The number of nitrogen functional groups attached to an aromatic ring is 1. The monoisotopic (exact) mass is 261 g/mol. The van der Waals surface area contributed by atoms with Gasteiger partial charge in [-0.2, -0.15) is 0 Å². The number of halogens is 2. The highest BCUT2D eigenvalue weighted by molar-refractivity contribution is 5.76. The van der Waals surface area contributed by atoms with Crippen molar-refractivity contribution in [3.63, 3.8) is 0 Å². The van der Waals surface area contributed by atoms with Crippen LogP contribution in [0.25, 0.3) is 11.1 Å². The Bertz CT molecular complexity index is 595. The van der Waals surface area contributed by atoms with Gasteiger partial charge in [-0.05, 0) is 22.6 Å². The van der Waals surface area contributed by atoms with Crippen molar-refractivity contribution in [1.29, 1.82) is 0 Å². The molecule has 0 fully saturated rings.